The third-order valence-electron chi connectivity index (χ3n) is 3.94. The molecule has 0 saturated carbocycles. The second-order valence-corrected chi connectivity index (χ2v) is 5.78. The fourth-order valence-electron chi connectivity index (χ4n) is 2.70. The smallest absolute Gasteiger partial charge is 0.390 e. The number of guanidine groups is 1. The number of phenolic OH excluding ortho intramolecular Hbond substituents is 1. The van der Waals surface area contributed by atoms with Crippen molar-refractivity contribution in [2.45, 2.75) is 19.1 Å². The zero-order chi connectivity index (χ0) is 17.2. The molecular weight excluding hydrogens is 319 g/mol. The number of fused-ring (bicyclic) bond motifs is 1. The highest BCUT2D eigenvalue weighted by molar-refractivity contribution is 5.85. The van der Waals surface area contributed by atoms with Crippen LogP contribution in [0, 0.1) is 0 Å². The van der Waals surface area contributed by atoms with E-state index in [-0.39, 0.29) is 12.3 Å². The van der Waals surface area contributed by atoms with E-state index in [4.69, 9.17) is 0 Å². The van der Waals surface area contributed by atoms with E-state index in [0.717, 1.165) is 16.3 Å². The lowest BCUT2D eigenvalue weighted by Crippen LogP contribution is -2.39. The summed E-state index contributed by atoms with van der Waals surface area (Å²) in [5, 5.41) is 14.5. The van der Waals surface area contributed by atoms with E-state index in [1.165, 1.54) is 0 Å². The van der Waals surface area contributed by atoms with Gasteiger partial charge in [0.1, 0.15) is 5.75 Å². The van der Waals surface area contributed by atoms with Gasteiger partial charge in [0.05, 0.1) is 13.0 Å². The second kappa shape index (κ2) is 6.59. The summed E-state index contributed by atoms with van der Waals surface area (Å²) < 4.78 is 37.1. The predicted octanol–water partition coefficient (Wildman–Crippen LogP) is 3.26. The molecule has 1 aliphatic heterocycles. The minimum absolute atomic E-state index is 0.0771. The van der Waals surface area contributed by atoms with Gasteiger partial charge in [-0.2, -0.15) is 13.2 Å². The minimum Gasteiger partial charge on any atom is -0.508 e. The van der Waals surface area contributed by atoms with E-state index in [1.807, 2.05) is 24.3 Å². The largest absolute Gasteiger partial charge is 0.508 e. The van der Waals surface area contributed by atoms with Crippen molar-refractivity contribution in [3.05, 3.63) is 42.0 Å². The number of aromatic hydroxyl groups is 1. The van der Waals surface area contributed by atoms with Crippen molar-refractivity contribution in [2.75, 3.05) is 19.6 Å². The number of nitrogens with one attached hydrogen (secondary N) is 1. The standard InChI is InChI=1S/C17H18F3N3O/c18-17(19,20)5-7-23-8-6-21-16(23)22-11-12-1-2-14-10-15(24)4-3-13(14)9-12/h1-4,9-10,24H,5-8,11H2,(H,21,22). The van der Waals surface area contributed by atoms with Crippen LogP contribution < -0.4 is 5.32 Å². The molecule has 0 aliphatic carbocycles. The summed E-state index contributed by atoms with van der Waals surface area (Å²) in [6.45, 7) is 1.43. The number of aliphatic imine (C=N–C) groups is 1. The number of hydrogen-bond acceptors (Lipinski definition) is 4. The van der Waals surface area contributed by atoms with Gasteiger partial charge in [-0.25, -0.2) is 0 Å². The Morgan fingerprint density at radius 1 is 1.12 bits per heavy atom. The minimum atomic E-state index is -4.16. The molecule has 4 nitrogen and oxygen atoms in total. The number of hydrogen-bond donors (Lipinski definition) is 2. The quantitative estimate of drug-likeness (QED) is 0.900. The van der Waals surface area contributed by atoms with Crippen LogP contribution in [0.2, 0.25) is 0 Å². The van der Waals surface area contributed by atoms with Crippen LogP contribution in [0.5, 0.6) is 5.75 Å². The fourth-order valence-corrected chi connectivity index (χ4v) is 2.70. The maximum absolute atomic E-state index is 12.4. The summed E-state index contributed by atoms with van der Waals surface area (Å²) in [7, 11) is 0. The molecule has 0 amide bonds. The maximum Gasteiger partial charge on any atom is 0.390 e. The normalized spacial score (nSPS) is 15.0. The van der Waals surface area contributed by atoms with Crippen LogP contribution in [0.3, 0.4) is 0 Å². The molecular formula is C17H18F3N3O. The lowest BCUT2D eigenvalue weighted by Gasteiger charge is -2.21. The number of alkyl halides is 3. The van der Waals surface area contributed by atoms with E-state index in [2.05, 4.69) is 10.3 Å². The predicted molar refractivity (Wildman–Crippen MR) is 87.0 cm³/mol. The molecule has 3 rings (SSSR count). The fraction of sp³-hybridized carbons (Fsp3) is 0.353. The van der Waals surface area contributed by atoms with E-state index >= 15 is 0 Å². The Morgan fingerprint density at radius 3 is 2.67 bits per heavy atom. The van der Waals surface area contributed by atoms with Crippen LogP contribution in [-0.4, -0.2) is 41.8 Å². The highest BCUT2D eigenvalue weighted by atomic mass is 19.4. The summed E-state index contributed by atoms with van der Waals surface area (Å²) in [6, 6.07) is 11.0. The molecule has 24 heavy (non-hydrogen) atoms. The Morgan fingerprint density at radius 2 is 1.88 bits per heavy atom. The molecule has 0 atom stereocenters. The molecule has 1 heterocycles. The highest BCUT2D eigenvalue weighted by Gasteiger charge is 2.29. The van der Waals surface area contributed by atoms with Gasteiger partial charge in [0.25, 0.3) is 0 Å². The van der Waals surface area contributed by atoms with Crippen molar-refractivity contribution < 1.29 is 18.3 Å². The van der Waals surface area contributed by atoms with Crippen molar-refractivity contribution in [3.63, 3.8) is 0 Å². The van der Waals surface area contributed by atoms with Crippen LogP contribution in [0.15, 0.2) is 41.4 Å². The topological polar surface area (TPSA) is 47.9 Å². The van der Waals surface area contributed by atoms with Crippen LogP contribution >= 0.6 is 0 Å². The molecule has 0 radical (unpaired) electrons. The first-order valence-electron chi connectivity index (χ1n) is 7.72. The monoisotopic (exact) mass is 337 g/mol. The number of nitrogens with zero attached hydrogens (tertiary/aromatic N) is 2. The summed E-state index contributed by atoms with van der Waals surface area (Å²) in [4.78, 5) is 5.87. The van der Waals surface area contributed by atoms with E-state index in [1.54, 1.807) is 17.0 Å². The number of phenols is 1. The molecule has 2 aromatic rings. The van der Waals surface area contributed by atoms with Crippen molar-refractivity contribution in [1.82, 2.24) is 10.2 Å². The van der Waals surface area contributed by atoms with Crippen LogP contribution in [0.25, 0.3) is 10.8 Å². The van der Waals surface area contributed by atoms with Gasteiger partial charge in [0.2, 0.25) is 0 Å². The molecule has 128 valence electrons. The molecule has 0 saturated heterocycles. The second-order valence-electron chi connectivity index (χ2n) is 5.78. The third kappa shape index (κ3) is 4.10. The maximum atomic E-state index is 12.4. The summed E-state index contributed by atoms with van der Waals surface area (Å²) in [5.74, 6) is 0.735. The molecule has 0 bridgehead atoms. The first kappa shape index (κ1) is 16.4. The van der Waals surface area contributed by atoms with Crippen LogP contribution in [0.1, 0.15) is 12.0 Å². The highest BCUT2D eigenvalue weighted by Crippen LogP contribution is 2.22. The lowest BCUT2D eigenvalue weighted by atomic mass is 10.1. The van der Waals surface area contributed by atoms with Gasteiger partial charge in [-0.15, -0.1) is 0 Å². The zero-order valence-electron chi connectivity index (χ0n) is 13.0. The average molecular weight is 337 g/mol. The molecule has 2 aromatic carbocycles. The first-order chi connectivity index (χ1) is 11.4. The van der Waals surface area contributed by atoms with E-state index < -0.39 is 12.6 Å². The molecule has 0 aromatic heterocycles. The SMILES string of the molecule is Oc1ccc2cc(CNC3=NCCN3CCC(F)(F)F)ccc2c1. The summed E-state index contributed by atoms with van der Waals surface area (Å²) in [6.07, 6.45) is -5.00. The third-order valence-corrected chi connectivity index (χ3v) is 3.94. The Kier molecular flexibility index (Phi) is 4.51. The molecule has 0 unspecified atom stereocenters. The summed E-state index contributed by atoms with van der Waals surface area (Å²) >= 11 is 0. The zero-order valence-corrected chi connectivity index (χ0v) is 13.0. The van der Waals surface area contributed by atoms with Gasteiger partial charge in [0.15, 0.2) is 5.96 Å². The van der Waals surface area contributed by atoms with Crippen LogP contribution in [0.4, 0.5) is 13.2 Å². The number of halogens is 3. The van der Waals surface area contributed by atoms with Crippen molar-refractivity contribution in [2.24, 2.45) is 4.99 Å². The van der Waals surface area contributed by atoms with Crippen molar-refractivity contribution in [3.8, 4) is 5.75 Å². The number of benzene rings is 2. The molecule has 2 N–H and O–H groups in total. The molecule has 1 aliphatic rings. The van der Waals surface area contributed by atoms with Gasteiger partial charge >= 0.3 is 6.18 Å². The molecule has 0 fully saturated rings. The lowest BCUT2D eigenvalue weighted by molar-refractivity contribution is -0.136. The van der Waals surface area contributed by atoms with E-state index in [9.17, 15) is 18.3 Å². The van der Waals surface area contributed by atoms with Gasteiger partial charge in [-0.05, 0) is 34.5 Å². The Labute approximate surface area is 137 Å². The van der Waals surface area contributed by atoms with Crippen molar-refractivity contribution >= 4 is 16.7 Å². The average Bonchev–Trinajstić information content (AvgIpc) is 2.97. The molecule has 0 spiro atoms. The van der Waals surface area contributed by atoms with Gasteiger partial charge < -0.3 is 15.3 Å². The van der Waals surface area contributed by atoms with E-state index in [0.29, 0.717) is 25.6 Å². The van der Waals surface area contributed by atoms with Crippen molar-refractivity contribution in [1.29, 1.82) is 0 Å². The first-order valence-corrected chi connectivity index (χ1v) is 7.72. The summed E-state index contributed by atoms with van der Waals surface area (Å²) in [5.41, 5.74) is 0.999. The van der Waals surface area contributed by atoms with Crippen LogP contribution in [-0.2, 0) is 6.54 Å². The number of rotatable bonds is 4. The van der Waals surface area contributed by atoms with Gasteiger partial charge in [-0.1, -0.05) is 18.2 Å². The Bertz CT molecular complexity index is 758. The Hall–Kier alpha value is -2.44. The Balaban J connectivity index is 1.61. The van der Waals surface area contributed by atoms with Gasteiger partial charge in [0, 0.05) is 19.6 Å². The molecule has 7 heteroatoms. The van der Waals surface area contributed by atoms with Gasteiger partial charge in [-0.3, -0.25) is 4.99 Å².